The zero-order valence-electron chi connectivity index (χ0n) is 21.9. The number of rotatable bonds is 23. The third-order valence-corrected chi connectivity index (χ3v) is 7.05. The lowest BCUT2D eigenvalue weighted by molar-refractivity contribution is -0.897. The first-order valence-corrected chi connectivity index (χ1v) is 15.8. The summed E-state index contributed by atoms with van der Waals surface area (Å²) in [6, 6.07) is 0.149. The first kappa shape index (κ1) is 32.5. The van der Waals surface area contributed by atoms with E-state index in [2.05, 4.69) is 46.8 Å². The minimum Gasteiger partial charge on any atom is -0.381 e. The molecule has 0 aliphatic heterocycles. The van der Waals surface area contributed by atoms with Gasteiger partial charge < -0.3 is 23.5 Å². The van der Waals surface area contributed by atoms with E-state index in [1.54, 1.807) is 0 Å². The minimum atomic E-state index is -3.60. The molecule has 194 valence electrons. The minimum absolute atomic E-state index is 0.149. The highest BCUT2D eigenvalue weighted by Crippen LogP contribution is 2.37. The van der Waals surface area contributed by atoms with Crippen molar-refractivity contribution in [2.24, 2.45) is 5.92 Å². The molecule has 0 aromatic rings. The molecule has 32 heavy (non-hydrogen) atoms. The molecule has 0 bridgehead atoms. The van der Waals surface area contributed by atoms with Crippen LogP contribution in [0.3, 0.4) is 0 Å². The predicted octanol–water partition coefficient (Wildman–Crippen LogP) is 6.81. The van der Waals surface area contributed by atoms with Crippen molar-refractivity contribution >= 4 is 18.5 Å². The second-order valence-electron chi connectivity index (χ2n) is 10.6. The summed E-state index contributed by atoms with van der Waals surface area (Å²) in [5.41, 5.74) is 0. The van der Waals surface area contributed by atoms with E-state index in [9.17, 15) is 9.79 Å². The summed E-state index contributed by atoms with van der Waals surface area (Å²) in [5.74, 6) is 0.392. The Morgan fingerprint density at radius 2 is 1.19 bits per heavy atom. The second-order valence-corrected chi connectivity index (χ2v) is 13.2. The molecule has 0 spiro atoms. The normalized spacial score (nSPS) is 14.6. The molecule has 0 heterocycles. The average Bonchev–Trinajstić information content (AvgIpc) is 2.69. The molecule has 0 amide bonds. The van der Waals surface area contributed by atoms with Crippen LogP contribution in [0.25, 0.3) is 0 Å². The summed E-state index contributed by atoms with van der Waals surface area (Å²) in [6.07, 6.45) is 20.1. The van der Waals surface area contributed by atoms with Gasteiger partial charge in [0, 0.05) is 19.6 Å². The number of unbranched alkanes of at least 4 members (excludes halogenated alkanes) is 13. The summed E-state index contributed by atoms with van der Waals surface area (Å²) in [4.78, 5) is 18.7. The summed E-state index contributed by atoms with van der Waals surface area (Å²) in [6.45, 7) is 2.70. The van der Waals surface area contributed by atoms with Crippen LogP contribution in [-0.4, -0.2) is 61.3 Å². The summed E-state index contributed by atoms with van der Waals surface area (Å²) in [5, 5.41) is 0. The van der Waals surface area contributed by atoms with Gasteiger partial charge in [-0.15, -0.1) is 0 Å². The van der Waals surface area contributed by atoms with Crippen LogP contribution in [0.4, 0.5) is 0 Å². The van der Waals surface area contributed by atoms with Crippen LogP contribution in [0, 0.1) is 5.92 Å². The van der Waals surface area contributed by atoms with Gasteiger partial charge in [0.15, 0.2) is 0 Å². The average molecular weight is 497 g/mol. The summed E-state index contributed by atoms with van der Waals surface area (Å²) in [7, 11) is 6.28. The topological polar surface area (TPSA) is 58.9 Å². The fourth-order valence-electron chi connectivity index (χ4n) is 4.01. The van der Waals surface area contributed by atoms with Crippen molar-refractivity contribution in [2.45, 2.75) is 116 Å². The lowest BCUT2D eigenvalue weighted by Crippen LogP contribution is -2.48. The van der Waals surface area contributed by atoms with Crippen LogP contribution in [0.15, 0.2) is 0 Å². The van der Waals surface area contributed by atoms with Gasteiger partial charge in [0.2, 0.25) is 0 Å². The molecule has 0 rings (SSSR count). The number of ether oxygens (including phenoxy) is 1. The van der Waals surface area contributed by atoms with Crippen molar-refractivity contribution < 1.29 is 23.5 Å². The van der Waals surface area contributed by atoms with Crippen LogP contribution in [-0.2, 0) is 21.1 Å². The molecule has 0 aromatic carbocycles. The molecule has 5 nitrogen and oxygen atoms in total. The van der Waals surface area contributed by atoms with Crippen LogP contribution in [0.5, 0.6) is 0 Å². The van der Waals surface area contributed by atoms with Crippen LogP contribution >= 0.6 is 6.72 Å². The Kier molecular flexibility index (Phi) is 20.0. The Labute approximate surface area is 205 Å². The van der Waals surface area contributed by atoms with Crippen LogP contribution in [0.1, 0.15) is 110 Å². The molecular formula is C25H55NO4PS+. The third kappa shape index (κ3) is 22.3. The van der Waals surface area contributed by atoms with Gasteiger partial charge in [-0.25, -0.2) is 0 Å². The van der Waals surface area contributed by atoms with Crippen LogP contribution in [0.2, 0.25) is 0 Å². The highest BCUT2D eigenvalue weighted by atomic mass is 32.5. The molecule has 0 saturated heterocycles. The van der Waals surface area contributed by atoms with Crippen molar-refractivity contribution in [3.05, 3.63) is 0 Å². The number of likely N-dealkylation sites (N-methyl/N-ethyl adjacent to an activating group) is 1. The van der Waals surface area contributed by atoms with E-state index in [0.717, 1.165) is 26.1 Å². The van der Waals surface area contributed by atoms with Crippen molar-refractivity contribution in [1.82, 2.24) is 0 Å². The van der Waals surface area contributed by atoms with Crippen LogP contribution < -0.4 is 0 Å². The lowest BCUT2D eigenvalue weighted by atomic mass is 10.0. The van der Waals surface area contributed by atoms with E-state index in [4.69, 9.17) is 9.26 Å². The van der Waals surface area contributed by atoms with Gasteiger partial charge in [-0.1, -0.05) is 97.3 Å². The van der Waals surface area contributed by atoms with Crippen molar-refractivity contribution in [3.8, 4) is 0 Å². The molecular weight excluding hydrogens is 441 g/mol. The zero-order chi connectivity index (χ0) is 24.3. The highest BCUT2D eigenvalue weighted by Gasteiger charge is 2.28. The molecule has 7 heteroatoms. The Bertz CT molecular complexity index is 467. The number of quaternary nitrogens is 1. The van der Waals surface area contributed by atoms with Crippen molar-refractivity contribution in [2.75, 3.05) is 41.0 Å². The molecule has 0 saturated carbocycles. The van der Waals surface area contributed by atoms with E-state index >= 15 is 0 Å². The van der Waals surface area contributed by atoms with E-state index in [1.807, 2.05) is 0 Å². The molecule has 2 atom stereocenters. The van der Waals surface area contributed by atoms with Gasteiger partial charge in [0.05, 0.1) is 21.1 Å². The fraction of sp³-hybridized carbons (Fsp3) is 1.00. The highest BCUT2D eigenvalue weighted by molar-refractivity contribution is 8.06. The van der Waals surface area contributed by atoms with Gasteiger partial charge >= 0.3 is 6.72 Å². The van der Waals surface area contributed by atoms with E-state index in [-0.39, 0.29) is 12.6 Å². The van der Waals surface area contributed by atoms with Crippen molar-refractivity contribution in [3.63, 3.8) is 0 Å². The molecule has 2 N–H and O–H groups in total. The van der Waals surface area contributed by atoms with E-state index in [1.165, 1.54) is 83.5 Å². The second kappa shape index (κ2) is 19.7. The Morgan fingerprint density at radius 1 is 0.750 bits per heavy atom. The third-order valence-electron chi connectivity index (χ3n) is 6.25. The SMILES string of the molecule is CCCCCCCCCCCCCCCCOCC(C)CC(COP(O)(O)=S)[N+](C)(C)C. The Morgan fingerprint density at radius 3 is 1.59 bits per heavy atom. The van der Waals surface area contributed by atoms with Crippen molar-refractivity contribution in [1.29, 1.82) is 0 Å². The first-order valence-electron chi connectivity index (χ1n) is 13.1. The number of nitrogens with zero attached hydrogens (tertiary/aromatic N) is 1. The maximum atomic E-state index is 9.35. The molecule has 0 aliphatic carbocycles. The van der Waals surface area contributed by atoms with E-state index in [0.29, 0.717) is 10.4 Å². The van der Waals surface area contributed by atoms with Gasteiger partial charge in [-0.05, 0) is 24.1 Å². The summed E-state index contributed by atoms with van der Waals surface area (Å²) >= 11 is 4.58. The predicted molar refractivity (Wildman–Crippen MR) is 141 cm³/mol. The standard InChI is InChI=1S/C25H54NO4PS/c1-6-7-8-9-10-11-12-13-14-15-16-17-18-19-20-29-22-24(2)21-25(26(3,4)5)23-30-31(27,28)32/h24-25H,6-23H2,1-5H3,(H-,27,28,32)/p+1. The maximum absolute atomic E-state index is 9.35. The number of hydrogen-bond donors (Lipinski definition) is 2. The monoisotopic (exact) mass is 496 g/mol. The smallest absolute Gasteiger partial charge is 0.322 e. The maximum Gasteiger partial charge on any atom is 0.322 e. The Hall–Kier alpha value is 0.450. The lowest BCUT2D eigenvalue weighted by Gasteiger charge is -2.35. The van der Waals surface area contributed by atoms with Gasteiger partial charge in [0.25, 0.3) is 0 Å². The molecule has 0 radical (unpaired) electrons. The Balaban J connectivity index is 3.60. The van der Waals surface area contributed by atoms with Gasteiger partial charge in [0.1, 0.15) is 12.6 Å². The number of hydrogen-bond acceptors (Lipinski definition) is 3. The first-order chi connectivity index (χ1) is 15.1. The van der Waals surface area contributed by atoms with Gasteiger partial charge in [-0.3, -0.25) is 0 Å². The largest absolute Gasteiger partial charge is 0.381 e. The quantitative estimate of drug-likeness (QED) is 0.0924. The molecule has 2 unspecified atom stereocenters. The molecule has 0 aromatic heterocycles. The molecule has 0 fully saturated rings. The molecule has 0 aliphatic rings. The van der Waals surface area contributed by atoms with E-state index < -0.39 is 6.72 Å². The summed E-state index contributed by atoms with van der Waals surface area (Å²) < 4.78 is 11.7. The van der Waals surface area contributed by atoms with Gasteiger partial charge in [-0.2, -0.15) is 0 Å². The fourth-order valence-corrected chi connectivity index (χ4v) is 4.56. The zero-order valence-corrected chi connectivity index (χ0v) is 23.6.